The zero-order chi connectivity index (χ0) is 30.1. The molecule has 0 N–H and O–H groups in total. The van der Waals surface area contributed by atoms with Crippen LogP contribution in [0.2, 0.25) is 0 Å². The van der Waals surface area contributed by atoms with Crippen molar-refractivity contribution in [3.05, 3.63) is 133 Å². The number of benzene rings is 4. The molecule has 0 aromatic heterocycles. The van der Waals surface area contributed by atoms with Gasteiger partial charge in [-0.2, -0.15) is 0 Å². The van der Waals surface area contributed by atoms with Gasteiger partial charge in [0.05, 0.1) is 6.61 Å². The second-order valence-corrected chi connectivity index (χ2v) is 11.3. The van der Waals surface area contributed by atoms with Crippen LogP contribution >= 0.6 is 0 Å². The molecule has 0 aliphatic rings. The third-order valence-electron chi connectivity index (χ3n) is 7.20. The minimum atomic E-state index is -0.433. The summed E-state index contributed by atoms with van der Waals surface area (Å²) in [5.41, 5.74) is 10.3. The van der Waals surface area contributed by atoms with Gasteiger partial charge in [0.25, 0.3) is 0 Å². The van der Waals surface area contributed by atoms with Crippen LogP contribution < -0.4 is 0 Å². The van der Waals surface area contributed by atoms with Crippen LogP contribution in [0, 0.1) is 0 Å². The SMILES string of the molecule is C=CC(=O)OCCCc1ccc(-c2cc(-c3ccc(COC(=O)C=C)cc3)ccc2-c2ccc(C(C)(C)C)cc2)cc1. The monoisotopic (exact) mass is 558 g/mol. The average molecular weight is 559 g/mol. The van der Waals surface area contributed by atoms with Gasteiger partial charge in [-0.3, -0.25) is 0 Å². The lowest BCUT2D eigenvalue weighted by Crippen LogP contribution is -2.10. The minimum absolute atomic E-state index is 0.0846. The molecule has 4 heteroatoms. The molecule has 0 aliphatic carbocycles. The number of carbonyl (C=O) groups is 2. The Morgan fingerprint density at radius 1 is 0.643 bits per heavy atom. The van der Waals surface area contributed by atoms with E-state index in [-0.39, 0.29) is 18.0 Å². The summed E-state index contributed by atoms with van der Waals surface area (Å²) in [6, 6.07) is 32.1. The van der Waals surface area contributed by atoms with Gasteiger partial charge in [-0.1, -0.05) is 119 Å². The summed E-state index contributed by atoms with van der Waals surface area (Å²) in [6.07, 6.45) is 3.93. The van der Waals surface area contributed by atoms with Gasteiger partial charge in [-0.25, -0.2) is 9.59 Å². The van der Waals surface area contributed by atoms with E-state index >= 15 is 0 Å². The molecule has 0 spiro atoms. The fourth-order valence-corrected chi connectivity index (χ4v) is 4.73. The van der Waals surface area contributed by atoms with Gasteiger partial charge >= 0.3 is 11.9 Å². The van der Waals surface area contributed by atoms with Gasteiger partial charge in [-0.05, 0) is 74.4 Å². The molecule has 0 saturated carbocycles. The molecule has 0 saturated heterocycles. The summed E-state index contributed by atoms with van der Waals surface area (Å²) in [6.45, 7) is 14.1. The Morgan fingerprint density at radius 2 is 1.17 bits per heavy atom. The van der Waals surface area contributed by atoms with Crippen LogP contribution in [0.5, 0.6) is 0 Å². The maximum Gasteiger partial charge on any atom is 0.330 e. The molecule has 214 valence electrons. The van der Waals surface area contributed by atoms with Gasteiger partial charge in [0.15, 0.2) is 0 Å². The number of hydrogen-bond acceptors (Lipinski definition) is 4. The lowest BCUT2D eigenvalue weighted by molar-refractivity contribution is -0.139. The Bertz CT molecular complexity index is 1540. The van der Waals surface area contributed by atoms with Gasteiger partial charge in [-0.15, -0.1) is 0 Å². The van der Waals surface area contributed by atoms with Crippen molar-refractivity contribution in [3.8, 4) is 33.4 Å². The highest BCUT2D eigenvalue weighted by molar-refractivity contribution is 5.87. The molecule has 4 aromatic carbocycles. The molecule has 0 aliphatic heterocycles. The van der Waals surface area contributed by atoms with Crippen LogP contribution in [0.3, 0.4) is 0 Å². The number of aryl methyl sites for hydroxylation is 1. The van der Waals surface area contributed by atoms with Crippen molar-refractivity contribution in [2.45, 2.75) is 45.6 Å². The highest BCUT2D eigenvalue weighted by Gasteiger charge is 2.15. The Hall–Kier alpha value is -4.70. The lowest BCUT2D eigenvalue weighted by atomic mass is 9.85. The largest absolute Gasteiger partial charge is 0.463 e. The van der Waals surface area contributed by atoms with E-state index in [1.54, 1.807) is 0 Å². The van der Waals surface area contributed by atoms with Crippen LogP contribution in [0.15, 0.2) is 116 Å². The van der Waals surface area contributed by atoms with Crippen molar-refractivity contribution < 1.29 is 19.1 Å². The normalized spacial score (nSPS) is 11.0. The van der Waals surface area contributed by atoms with Crippen LogP contribution in [0.1, 0.15) is 43.9 Å². The van der Waals surface area contributed by atoms with E-state index in [0.717, 1.165) is 51.8 Å². The predicted molar refractivity (Wildman–Crippen MR) is 171 cm³/mol. The smallest absolute Gasteiger partial charge is 0.330 e. The molecular weight excluding hydrogens is 520 g/mol. The van der Waals surface area contributed by atoms with Gasteiger partial charge < -0.3 is 9.47 Å². The summed E-state index contributed by atoms with van der Waals surface area (Å²) in [5.74, 6) is -0.823. The van der Waals surface area contributed by atoms with E-state index in [1.165, 1.54) is 23.3 Å². The van der Waals surface area contributed by atoms with Crippen LogP contribution in [0.25, 0.3) is 33.4 Å². The first-order valence-electron chi connectivity index (χ1n) is 14.2. The Kier molecular flexibility index (Phi) is 9.93. The van der Waals surface area contributed by atoms with Crippen molar-refractivity contribution in [2.24, 2.45) is 0 Å². The molecule has 0 amide bonds. The Balaban J connectivity index is 1.64. The third-order valence-corrected chi connectivity index (χ3v) is 7.20. The molecule has 0 heterocycles. The first-order valence-corrected chi connectivity index (χ1v) is 14.2. The summed E-state index contributed by atoms with van der Waals surface area (Å²) >= 11 is 0. The third kappa shape index (κ3) is 7.94. The highest BCUT2D eigenvalue weighted by Crippen LogP contribution is 2.37. The molecular formula is C38H38O4. The Labute approximate surface area is 249 Å². The number of hydrogen-bond donors (Lipinski definition) is 0. The molecule has 0 fully saturated rings. The lowest BCUT2D eigenvalue weighted by Gasteiger charge is -2.20. The summed E-state index contributed by atoms with van der Waals surface area (Å²) in [7, 11) is 0. The van der Waals surface area contributed by atoms with Crippen molar-refractivity contribution >= 4 is 11.9 Å². The molecule has 0 bridgehead atoms. The first-order chi connectivity index (χ1) is 20.2. The fraction of sp³-hybridized carbons (Fsp3) is 0.211. The van der Waals surface area contributed by atoms with Crippen molar-refractivity contribution in [3.63, 3.8) is 0 Å². The van der Waals surface area contributed by atoms with E-state index in [1.807, 2.05) is 12.1 Å². The van der Waals surface area contributed by atoms with Crippen molar-refractivity contribution in [2.75, 3.05) is 6.61 Å². The molecule has 4 nitrogen and oxygen atoms in total. The maximum atomic E-state index is 11.4. The van der Waals surface area contributed by atoms with Crippen LogP contribution in [-0.2, 0) is 37.5 Å². The summed E-state index contributed by atoms with van der Waals surface area (Å²) < 4.78 is 10.3. The number of ether oxygens (including phenoxy) is 2. The van der Waals surface area contributed by atoms with E-state index in [4.69, 9.17) is 9.47 Å². The van der Waals surface area contributed by atoms with Crippen LogP contribution in [0.4, 0.5) is 0 Å². The molecule has 0 unspecified atom stereocenters. The molecule has 4 rings (SSSR count). The maximum absolute atomic E-state index is 11.4. The molecule has 0 atom stereocenters. The number of rotatable bonds is 11. The summed E-state index contributed by atoms with van der Waals surface area (Å²) in [5, 5.41) is 0. The molecule has 42 heavy (non-hydrogen) atoms. The predicted octanol–water partition coefficient (Wildman–Crippen LogP) is 8.88. The summed E-state index contributed by atoms with van der Waals surface area (Å²) in [4.78, 5) is 22.7. The topological polar surface area (TPSA) is 52.6 Å². The minimum Gasteiger partial charge on any atom is -0.463 e. The van der Waals surface area contributed by atoms with Crippen molar-refractivity contribution in [1.82, 2.24) is 0 Å². The number of carbonyl (C=O) groups excluding carboxylic acids is 2. The second kappa shape index (κ2) is 13.8. The van der Waals surface area contributed by atoms with E-state index in [9.17, 15) is 9.59 Å². The molecule has 0 radical (unpaired) electrons. The standard InChI is InChI=1S/C38H38O4/c1-6-36(39)41-24-8-9-27-10-16-31(17-11-27)35-25-32(29-14-12-28(13-15-29)26-42-37(40)7-2)20-23-34(35)30-18-21-33(22-19-30)38(3,4)5/h6-7,10-23,25H,1-2,8-9,24,26H2,3-5H3. The number of esters is 2. The van der Waals surface area contributed by atoms with E-state index in [2.05, 4.69) is 113 Å². The Morgan fingerprint density at radius 3 is 1.79 bits per heavy atom. The van der Waals surface area contributed by atoms with E-state index in [0.29, 0.717) is 6.61 Å². The van der Waals surface area contributed by atoms with E-state index < -0.39 is 5.97 Å². The van der Waals surface area contributed by atoms with Gasteiger partial charge in [0.2, 0.25) is 0 Å². The zero-order valence-electron chi connectivity index (χ0n) is 24.7. The fourth-order valence-electron chi connectivity index (χ4n) is 4.73. The second-order valence-electron chi connectivity index (χ2n) is 11.3. The quantitative estimate of drug-likeness (QED) is 0.105. The van der Waals surface area contributed by atoms with Crippen LogP contribution in [-0.4, -0.2) is 18.5 Å². The average Bonchev–Trinajstić information content (AvgIpc) is 3.01. The van der Waals surface area contributed by atoms with Crippen molar-refractivity contribution in [1.29, 1.82) is 0 Å². The highest BCUT2D eigenvalue weighted by atomic mass is 16.5. The molecule has 4 aromatic rings. The first kappa shape index (κ1) is 30.3. The zero-order valence-corrected chi connectivity index (χ0v) is 24.7. The van der Waals surface area contributed by atoms with Gasteiger partial charge in [0.1, 0.15) is 6.61 Å². The van der Waals surface area contributed by atoms with Gasteiger partial charge in [0, 0.05) is 12.2 Å².